The number of carbonyl (C=O) groups excluding carboxylic acids is 1. The normalized spacial score (nSPS) is 18.6. The van der Waals surface area contributed by atoms with Gasteiger partial charge in [0, 0.05) is 30.4 Å². The first-order valence-corrected chi connectivity index (χ1v) is 10.3. The van der Waals surface area contributed by atoms with Crippen molar-refractivity contribution in [3.8, 4) is 11.5 Å². The molecule has 1 aromatic heterocycles. The number of nitrogens with zero attached hydrogens (tertiary/aromatic N) is 3. The van der Waals surface area contributed by atoms with Crippen LogP contribution in [0.25, 0.3) is 0 Å². The van der Waals surface area contributed by atoms with Crippen LogP contribution < -0.4 is 15.2 Å². The van der Waals surface area contributed by atoms with Crippen molar-refractivity contribution in [2.75, 3.05) is 24.8 Å². The molecule has 9 heteroatoms. The third-order valence-electron chi connectivity index (χ3n) is 5.72. The fraction of sp³-hybridized carbons (Fsp3) is 0.167. The Morgan fingerprint density at radius 1 is 1.00 bits per heavy atom. The van der Waals surface area contributed by atoms with Crippen molar-refractivity contribution >= 4 is 5.91 Å². The second-order valence-electron chi connectivity index (χ2n) is 7.73. The maximum Gasteiger partial charge on any atom is 0.278 e. The minimum atomic E-state index is -1.04. The number of pyridine rings is 1. The first-order chi connectivity index (χ1) is 16.0. The molecule has 3 heterocycles. The van der Waals surface area contributed by atoms with Gasteiger partial charge in [-0.3, -0.25) is 19.3 Å². The molecule has 168 valence electrons. The van der Waals surface area contributed by atoms with Gasteiger partial charge in [-0.05, 0) is 17.7 Å². The predicted molar refractivity (Wildman–Crippen MR) is 116 cm³/mol. The van der Waals surface area contributed by atoms with Crippen molar-refractivity contribution in [2.24, 2.45) is 0 Å². The molecule has 0 aliphatic carbocycles. The average molecular weight is 451 g/mol. The van der Waals surface area contributed by atoms with Gasteiger partial charge in [0.25, 0.3) is 5.91 Å². The van der Waals surface area contributed by atoms with E-state index in [2.05, 4.69) is 0 Å². The van der Waals surface area contributed by atoms with Crippen LogP contribution in [0.5, 0.6) is 11.5 Å². The molecule has 0 unspecified atom stereocenters. The number of halogens is 2. The highest BCUT2D eigenvalue weighted by Crippen LogP contribution is 2.38. The zero-order chi connectivity index (χ0) is 23.1. The second-order valence-corrected chi connectivity index (χ2v) is 7.73. The topological polar surface area (TPSA) is 75.0 Å². The maximum atomic E-state index is 14.5. The first kappa shape index (κ1) is 20.7. The van der Waals surface area contributed by atoms with Gasteiger partial charge < -0.3 is 14.7 Å². The van der Waals surface area contributed by atoms with Gasteiger partial charge in [-0.1, -0.05) is 36.4 Å². The van der Waals surface area contributed by atoms with Crippen LogP contribution in [0.4, 0.5) is 8.78 Å². The second kappa shape index (κ2) is 8.09. The molecule has 2 aliphatic heterocycles. The van der Waals surface area contributed by atoms with Crippen LogP contribution in [-0.2, 0) is 0 Å². The zero-order valence-corrected chi connectivity index (χ0v) is 17.3. The van der Waals surface area contributed by atoms with Gasteiger partial charge in [0.2, 0.25) is 5.43 Å². The minimum Gasteiger partial charge on any atom is -0.502 e. The van der Waals surface area contributed by atoms with E-state index in [4.69, 9.17) is 4.74 Å². The van der Waals surface area contributed by atoms with Gasteiger partial charge in [-0.2, -0.15) is 0 Å². The van der Waals surface area contributed by atoms with Crippen LogP contribution in [0.15, 0.2) is 71.7 Å². The van der Waals surface area contributed by atoms with Gasteiger partial charge in [-0.15, -0.1) is 0 Å². The van der Waals surface area contributed by atoms with Crippen molar-refractivity contribution in [1.82, 2.24) is 9.58 Å². The summed E-state index contributed by atoms with van der Waals surface area (Å²) in [5.41, 5.74) is 0.143. The van der Waals surface area contributed by atoms with E-state index in [0.717, 1.165) is 18.2 Å². The Bertz CT molecular complexity index is 1320. The van der Waals surface area contributed by atoms with E-state index < -0.39 is 34.8 Å². The van der Waals surface area contributed by atoms with E-state index in [1.54, 1.807) is 29.3 Å². The summed E-state index contributed by atoms with van der Waals surface area (Å²) in [7, 11) is 0. The summed E-state index contributed by atoms with van der Waals surface area (Å²) in [6.07, 6.45) is 4.75. The van der Waals surface area contributed by atoms with E-state index in [0.29, 0.717) is 11.1 Å². The summed E-state index contributed by atoms with van der Waals surface area (Å²) in [4.78, 5) is 26.7. The molecule has 0 radical (unpaired) electrons. The number of hydrogen-bond acceptors (Lipinski definition) is 5. The molecule has 1 amide bonds. The number of hydrogen-bond donors (Lipinski definition) is 1. The summed E-state index contributed by atoms with van der Waals surface area (Å²) in [6.45, 7) is 0.315. The van der Waals surface area contributed by atoms with Gasteiger partial charge in [-0.25, -0.2) is 8.78 Å². The van der Waals surface area contributed by atoms with Crippen molar-refractivity contribution in [1.29, 1.82) is 0 Å². The van der Waals surface area contributed by atoms with Crippen LogP contribution >= 0.6 is 0 Å². The predicted octanol–water partition coefficient (Wildman–Crippen LogP) is 2.92. The van der Waals surface area contributed by atoms with Crippen molar-refractivity contribution < 1.29 is 23.4 Å². The number of benzene rings is 2. The Hall–Kier alpha value is -4.14. The lowest BCUT2D eigenvalue weighted by atomic mass is 9.96. The van der Waals surface area contributed by atoms with Crippen molar-refractivity contribution in [3.05, 3.63) is 106 Å². The fourth-order valence-electron chi connectivity index (χ4n) is 4.17. The molecule has 1 N–H and O–H groups in total. The molecule has 3 aromatic rings. The van der Waals surface area contributed by atoms with Crippen LogP contribution in [0.1, 0.15) is 27.7 Å². The lowest BCUT2D eigenvalue weighted by Crippen LogP contribution is -2.55. The molecule has 7 nitrogen and oxygen atoms in total. The standard InChI is InChI=1S/C24H19F2N3O4/c25-17-12-16-20(13-18(17)26)33-11-5-4-9-27-14-29(21(16)15-6-2-1-3-7-15)28-10-8-19(30)23(31)22(28)24(27)32/h1-8,10,12-13,21,31H,9,11,14H2/b5-4-/t21-/m0/s1. The molecule has 2 aromatic carbocycles. The fourth-order valence-corrected chi connectivity index (χ4v) is 4.17. The summed E-state index contributed by atoms with van der Waals surface area (Å²) >= 11 is 0. The lowest BCUT2D eigenvalue weighted by Gasteiger charge is -2.43. The summed E-state index contributed by atoms with van der Waals surface area (Å²) in [5.74, 6) is -3.15. The molecular formula is C24H19F2N3O4. The minimum absolute atomic E-state index is 0.0521. The van der Waals surface area contributed by atoms with E-state index in [1.165, 1.54) is 15.8 Å². The number of aromatic nitrogens is 1. The molecule has 5 rings (SSSR count). The Morgan fingerprint density at radius 3 is 2.55 bits per heavy atom. The molecule has 2 bridgehead atoms. The Balaban J connectivity index is 1.82. The lowest BCUT2D eigenvalue weighted by molar-refractivity contribution is 0.0701. The van der Waals surface area contributed by atoms with Crippen LogP contribution in [-0.4, -0.2) is 40.4 Å². The van der Waals surface area contributed by atoms with Gasteiger partial charge in [0.1, 0.15) is 25.1 Å². The molecule has 1 atom stereocenters. The van der Waals surface area contributed by atoms with Crippen LogP contribution in [0.3, 0.4) is 0 Å². The Morgan fingerprint density at radius 2 is 1.76 bits per heavy atom. The zero-order valence-electron chi connectivity index (χ0n) is 17.3. The molecule has 33 heavy (non-hydrogen) atoms. The largest absolute Gasteiger partial charge is 0.502 e. The molecule has 2 aliphatic rings. The summed E-state index contributed by atoms with van der Waals surface area (Å²) < 4.78 is 35.8. The monoisotopic (exact) mass is 451 g/mol. The highest BCUT2D eigenvalue weighted by Gasteiger charge is 2.37. The summed E-state index contributed by atoms with van der Waals surface area (Å²) in [6, 6.07) is 11.5. The van der Waals surface area contributed by atoms with Crippen LogP contribution in [0.2, 0.25) is 0 Å². The van der Waals surface area contributed by atoms with E-state index in [9.17, 15) is 23.5 Å². The Kier molecular flexibility index (Phi) is 5.08. The molecular weight excluding hydrogens is 432 g/mol. The maximum absolute atomic E-state index is 14.5. The number of fused-ring (bicyclic) bond motifs is 5. The number of amides is 1. The number of carbonyl (C=O) groups is 1. The highest BCUT2D eigenvalue weighted by molar-refractivity contribution is 5.96. The van der Waals surface area contributed by atoms with Crippen molar-refractivity contribution in [2.45, 2.75) is 6.04 Å². The molecule has 0 saturated carbocycles. The van der Waals surface area contributed by atoms with Crippen molar-refractivity contribution in [3.63, 3.8) is 0 Å². The smallest absolute Gasteiger partial charge is 0.278 e. The Labute approximate surface area is 187 Å². The van der Waals surface area contributed by atoms with E-state index >= 15 is 0 Å². The number of ether oxygens (including phenoxy) is 1. The SMILES string of the molecule is O=C1c2c(O)c(=O)ccn2N2CN1C/C=C\COc1cc(F)c(F)cc1[C@@H]2c1ccccc1. The summed E-state index contributed by atoms with van der Waals surface area (Å²) in [5, 5.41) is 12.2. The average Bonchev–Trinajstić information content (AvgIpc) is 2.84. The van der Waals surface area contributed by atoms with Gasteiger partial charge in [0.15, 0.2) is 23.1 Å². The quantitative estimate of drug-likeness (QED) is 0.576. The first-order valence-electron chi connectivity index (χ1n) is 10.3. The highest BCUT2D eigenvalue weighted by atomic mass is 19.2. The molecule has 0 saturated heterocycles. The molecule has 0 fully saturated rings. The van der Waals surface area contributed by atoms with Gasteiger partial charge in [0.05, 0.1) is 0 Å². The molecule has 0 spiro atoms. The van der Waals surface area contributed by atoms with E-state index in [1.807, 2.05) is 18.2 Å². The third kappa shape index (κ3) is 3.51. The van der Waals surface area contributed by atoms with Crippen LogP contribution in [0, 0.1) is 11.6 Å². The van der Waals surface area contributed by atoms with Gasteiger partial charge >= 0.3 is 0 Å². The third-order valence-corrected chi connectivity index (χ3v) is 5.72. The van der Waals surface area contributed by atoms with E-state index in [-0.39, 0.29) is 31.3 Å². The number of aromatic hydroxyl groups is 1. The number of rotatable bonds is 1.